The van der Waals surface area contributed by atoms with Crippen molar-refractivity contribution in [2.75, 3.05) is 21.1 Å². The third-order valence-corrected chi connectivity index (χ3v) is 5.97. The summed E-state index contributed by atoms with van der Waals surface area (Å²) in [5.41, 5.74) is 0.856. The van der Waals surface area contributed by atoms with Crippen molar-refractivity contribution in [1.82, 2.24) is 20.4 Å². The van der Waals surface area contributed by atoms with Gasteiger partial charge in [-0.1, -0.05) is 63.9 Å². The fourth-order valence-electron chi connectivity index (χ4n) is 4.04. The molecule has 6 heteroatoms. The Labute approximate surface area is 182 Å². The van der Waals surface area contributed by atoms with Crippen molar-refractivity contribution in [3.05, 3.63) is 35.9 Å². The normalized spacial score (nSPS) is 20.8. The summed E-state index contributed by atoms with van der Waals surface area (Å²) in [4.78, 5) is 17.3. The van der Waals surface area contributed by atoms with Crippen molar-refractivity contribution in [1.29, 1.82) is 0 Å². The molecular formula is C23H38N4OS. The first-order chi connectivity index (χ1) is 13.6. The van der Waals surface area contributed by atoms with Crippen LogP contribution in [-0.2, 0) is 11.3 Å². The van der Waals surface area contributed by atoms with E-state index in [9.17, 15) is 4.79 Å². The molecule has 0 saturated heterocycles. The molecule has 1 aliphatic carbocycles. The minimum absolute atomic E-state index is 0.0540. The highest BCUT2D eigenvalue weighted by molar-refractivity contribution is 7.80. The summed E-state index contributed by atoms with van der Waals surface area (Å²) in [5, 5.41) is 7.42. The monoisotopic (exact) mass is 418 g/mol. The lowest BCUT2D eigenvalue weighted by atomic mass is 9.85. The van der Waals surface area contributed by atoms with E-state index in [2.05, 4.69) is 50.4 Å². The Morgan fingerprint density at radius 1 is 1.14 bits per heavy atom. The van der Waals surface area contributed by atoms with Gasteiger partial charge in [-0.15, -0.1) is 0 Å². The molecule has 1 saturated carbocycles. The Morgan fingerprint density at radius 2 is 1.76 bits per heavy atom. The molecule has 1 aliphatic rings. The maximum atomic E-state index is 13.3. The quantitative estimate of drug-likeness (QED) is 0.694. The van der Waals surface area contributed by atoms with E-state index in [1.54, 1.807) is 4.90 Å². The summed E-state index contributed by atoms with van der Waals surface area (Å²) in [6.07, 6.45) is 4.75. The van der Waals surface area contributed by atoms with Crippen LogP contribution in [0.4, 0.5) is 0 Å². The van der Waals surface area contributed by atoms with E-state index in [4.69, 9.17) is 12.2 Å². The lowest BCUT2D eigenvalue weighted by Crippen LogP contribution is -2.59. The number of thiocarbonyl (C=S) groups is 1. The van der Waals surface area contributed by atoms with Gasteiger partial charge in [-0.3, -0.25) is 4.79 Å². The van der Waals surface area contributed by atoms with Gasteiger partial charge in [-0.05, 0) is 50.1 Å². The topological polar surface area (TPSA) is 47.6 Å². The van der Waals surface area contributed by atoms with Gasteiger partial charge >= 0.3 is 0 Å². The first-order valence-corrected chi connectivity index (χ1v) is 11.0. The van der Waals surface area contributed by atoms with Gasteiger partial charge in [0.25, 0.3) is 0 Å². The minimum Gasteiger partial charge on any atom is -0.358 e. The van der Waals surface area contributed by atoms with Crippen LogP contribution in [0, 0.1) is 5.41 Å². The summed E-state index contributed by atoms with van der Waals surface area (Å²) >= 11 is 5.64. The molecule has 0 spiro atoms. The van der Waals surface area contributed by atoms with Crippen LogP contribution in [0.15, 0.2) is 30.3 Å². The minimum atomic E-state index is -0.391. The Kier molecular flexibility index (Phi) is 8.46. The van der Waals surface area contributed by atoms with Crippen molar-refractivity contribution in [2.45, 2.75) is 71.1 Å². The molecule has 2 rings (SSSR count). The average molecular weight is 419 g/mol. The highest BCUT2D eigenvalue weighted by Crippen LogP contribution is 2.23. The highest BCUT2D eigenvalue weighted by Gasteiger charge is 2.35. The van der Waals surface area contributed by atoms with E-state index < -0.39 is 6.04 Å². The molecule has 1 unspecified atom stereocenters. The van der Waals surface area contributed by atoms with E-state index in [0.717, 1.165) is 12.0 Å². The van der Waals surface area contributed by atoms with Crippen LogP contribution in [0.25, 0.3) is 0 Å². The predicted octanol–water partition coefficient (Wildman–Crippen LogP) is 3.40. The molecule has 0 aliphatic heterocycles. The first-order valence-electron chi connectivity index (χ1n) is 10.6. The highest BCUT2D eigenvalue weighted by atomic mass is 32.1. The van der Waals surface area contributed by atoms with Crippen molar-refractivity contribution < 1.29 is 4.79 Å². The Morgan fingerprint density at radius 3 is 2.34 bits per heavy atom. The van der Waals surface area contributed by atoms with Crippen molar-refractivity contribution in [3.8, 4) is 0 Å². The number of nitrogens with one attached hydrogen (secondary N) is 2. The number of likely N-dealkylation sites (N-methyl/N-ethyl adjacent to an activating group) is 2. The zero-order valence-corrected chi connectivity index (χ0v) is 19.7. The van der Waals surface area contributed by atoms with Gasteiger partial charge in [0.05, 0.1) is 0 Å². The zero-order valence-electron chi connectivity index (χ0n) is 18.9. The fraction of sp³-hybridized carbons (Fsp3) is 0.652. The number of rotatable bonds is 6. The molecule has 1 aromatic carbocycles. The van der Waals surface area contributed by atoms with Crippen LogP contribution in [0.2, 0.25) is 0 Å². The number of hydrogen-bond acceptors (Lipinski definition) is 3. The van der Waals surface area contributed by atoms with Gasteiger partial charge in [0.2, 0.25) is 5.91 Å². The number of nitrogens with zero attached hydrogens (tertiary/aromatic N) is 2. The van der Waals surface area contributed by atoms with Crippen LogP contribution < -0.4 is 10.6 Å². The number of amides is 1. The number of carbonyl (C=O) groups excluding carboxylic acids is 1. The molecule has 3 atom stereocenters. The largest absolute Gasteiger partial charge is 0.358 e. The summed E-state index contributed by atoms with van der Waals surface area (Å²) in [6, 6.07) is 10.5. The van der Waals surface area contributed by atoms with E-state index >= 15 is 0 Å². The summed E-state index contributed by atoms with van der Waals surface area (Å²) in [5.74, 6) is 0.0540. The van der Waals surface area contributed by atoms with Crippen LogP contribution in [0.3, 0.4) is 0 Å². The molecule has 0 aromatic heterocycles. The SMILES string of the molecule is CN(Cc1ccccc1)C(=O)[C@H](NC(=S)N[C@@H]1CCCCC1N(C)C)C(C)(C)C. The Hall–Kier alpha value is -1.66. The molecule has 5 nitrogen and oxygen atoms in total. The van der Waals surface area contributed by atoms with Gasteiger partial charge in [-0.2, -0.15) is 0 Å². The van der Waals surface area contributed by atoms with Crippen LogP contribution in [-0.4, -0.2) is 60.1 Å². The predicted molar refractivity (Wildman–Crippen MR) is 125 cm³/mol. The summed E-state index contributed by atoms with van der Waals surface area (Å²) in [6.45, 7) is 6.81. The van der Waals surface area contributed by atoms with Crippen LogP contribution in [0.5, 0.6) is 0 Å². The van der Waals surface area contributed by atoms with Gasteiger partial charge in [0.1, 0.15) is 6.04 Å². The molecule has 29 heavy (non-hydrogen) atoms. The molecule has 0 radical (unpaired) electrons. The third-order valence-electron chi connectivity index (χ3n) is 5.74. The van der Waals surface area contributed by atoms with Gasteiger partial charge < -0.3 is 20.4 Å². The Bertz CT molecular complexity index is 671. The average Bonchev–Trinajstić information content (AvgIpc) is 2.65. The number of hydrogen-bond donors (Lipinski definition) is 2. The standard InChI is InChI=1S/C23H38N4OS/c1-23(2,3)20(21(28)27(6)16-17-12-8-7-9-13-17)25-22(29)24-18-14-10-11-15-19(18)26(4)5/h7-9,12-13,18-20H,10-11,14-16H2,1-6H3,(H2,24,25,29)/t18-,19?,20+/m1/s1. The zero-order chi connectivity index (χ0) is 21.6. The first kappa shape index (κ1) is 23.6. The van der Waals surface area contributed by atoms with Crippen molar-refractivity contribution in [2.24, 2.45) is 5.41 Å². The molecule has 1 fully saturated rings. The second-order valence-corrected chi connectivity index (χ2v) is 9.93. The van der Waals surface area contributed by atoms with Crippen LogP contribution in [0.1, 0.15) is 52.0 Å². The molecule has 162 valence electrons. The van der Waals surface area contributed by atoms with E-state index in [0.29, 0.717) is 23.7 Å². The molecule has 2 N–H and O–H groups in total. The fourth-order valence-corrected chi connectivity index (χ4v) is 4.31. The molecular weight excluding hydrogens is 380 g/mol. The van der Waals surface area contributed by atoms with E-state index in [1.165, 1.54) is 19.3 Å². The molecule has 0 bridgehead atoms. The maximum Gasteiger partial charge on any atom is 0.245 e. The smallest absolute Gasteiger partial charge is 0.245 e. The lowest BCUT2D eigenvalue weighted by Gasteiger charge is -2.39. The van der Waals surface area contributed by atoms with Crippen molar-refractivity contribution >= 4 is 23.2 Å². The second-order valence-electron chi connectivity index (χ2n) is 9.52. The van der Waals surface area contributed by atoms with Gasteiger partial charge in [0.15, 0.2) is 5.11 Å². The lowest BCUT2D eigenvalue weighted by molar-refractivity contribution is -0.134. The third kappa shape index (κ3) is 6.96. The number of benzene rings is 1. The second kappa shape index (κ2) is 10.4. The number of carbonyl (C=O) groups is 1. The molecule has 1 amide bonds. The van der Waals surface area contributed by atoms with E-state index in [1.807, 2.05) is 37.4 Å². The molecule has 0 heterocycles. The van der Waals surface area contributed by atoms with Gasteiger partial charge in [0, 0.05) is 25.7 Å². The summed E-state index contributed by atoms with van der Waals surface area (Å²) < 4.78 is 0. The Balaban J connectivity index is 2.03. The maximum absolute atomic E-state index is 13.3. The summed E-state index contributed by atoms with van der Waals surface area (Å²) in [7, 11) is 6.11. The van der Waals surface area contributed by atoms with Crippen LogP contribution >= 0.6 is 12.2 Å². The van der Waals surface area contributed by atoms with Gasteiger partial charge in [-0.25, -0.2) is 0 Å². The van der Waals surface area contributed by atoms with Crippen molar-refractivity contribution in [3.63, 3.8) is 0 Å². The molecule has 1 aromatic rings. The van der Waals surface area contributed by atoms with E-state index in [-0.39, 0.29) is 11.3 Å².